The minimum Gasteiger partial charge on any atom is -0.360 e. The molecule has 0 aromatic heterocycles. The Kier molecular flexibility index (Phi) is 4.40. The number of nitrogens with two attached hydrogens (primary N) is 1. The van der Waals surface area contributed by atoms with E-state index in [9.17, 15) is 10.1 Å². The summed E-state index contributed by atoms with van der Waals surface area (Å²) in [6.45, 7) is 0. The Labute approximate surface area is 99.3 Å². The number of rotatable bonds is 3. The lowest BCUT2D eigenvalue weighted by Crippen LogP contribution is -2.64. The van der Waals surface area contributed by atoms with Crippen molar-refractivity contribution in [3.8, 4) is 0 Å². The molecule has 84 valence electrons. The van der Waals surface area contributed by atoms with E-state index in [1.54, 1.807) is 11.6 Å². The van der Waals surface area contributed by atoms with Crippen molar-refractivity contribution in [1.82, 2.24) is 5.43 Å². The Morgan fingerprint density at radius 1 is 1.56 bits per heavy atom. The molecule has 0 aliphatic carbocycles. The highest BCUT2D eigenvalue weighted by Gasteiger charge is 1.99. The van der Waals surface area contributed by atoms with E-state index in [-0.39, 0.29) is 5.96 Å². The molecule has 1 aromatic carbocycles. The molecule has 0 saturated carbocycles. The Morgan fingerprint density at radius 3 is 2.75 bits per heavy atom. The summed E-state index contributed by atoms with van der Waals surface area (Å²) in [6.07, 6.45) is 1.56. The number of nitrogens with zero attached hydrogens (tertiary/aromatic N) is 2. The van der Waals surface area contributed by atoms with E-state index in [1.807, 2.05) is 24.3 Å². The van der Waals surface area contributed by atoms with E-state index in [4.69, 9.17) is 5.73 Å². The first-order chi connectivity index (χ1) is 7.58. The van der Waals surface area contributed by atoms with Gasteiger partial charge in [0.1, 0.15) is 0 Å². The fourth-order valence-corrected chi connectivity index (χ4v) is 1.12. The predicted octanol–water partition coefficient (Wildman–Crippen LogP) is -1.04. The number of nitro groups is 1. The second kappa shape index (κ2) is 5.81. The maximum absolute atomic E-state index is 9.97. The maximum Gasteiger partial charge on any atom is 0.319 e. The van der Waals surface area contributed by atoms with Gasteiger partial charge in [-0.2, -0.15) is 0 Å². The minimum atomic E-state index is -0.792. The molecule has 0 heterocycles. The third-order valence-electron chi connectivity index (χ3n) is 1.49. The van der Waals surface area contributed by atoms with Crippen LogP contribution in [0.5, 0.6) is 0 Å². The van der Waals surface area contributed by atoms with Crippen molar-refractivity contribution in [2.24, 2.45) is 10.8 Å². The molecule has 0 amide bonds. The Hall–Kier alpha value is -1.96. The average Bonchev–Trinajstić information content (AvgIpc) is 2.20. The molecule has 0 atom stereocenters. The summed E-state index contributed by atoms with van der Waals surface area (Å²) in [5.41, 5.74) is 7.73. The van der Waals surface area contributed by atoms with Crippen LogP contribution in [0.15, 0.2) is 33.8 Å². The van der Waals surface area contributed by atoms with Gasteiger partial charge in [-0.05, 0) is 24.3 Å². The van der Waals surface area contributed by atoms with Crippen molar-refractivity contribution < 1.29 is 10.1 Å². The van der Waals surface area contributed by atoms with Crippen LogP contribution in [0.1, 0.15) is 5.56 Å². The van der Waals surface area contributed by atoms with Crippen LogP contribution in [0.25, 0.3) is 0 Å². The molecule has 1 aromatic rings. The summed E-state index contributed by atoms with van der Waals surface area (Å²) in [7, 11) is 0. The Morgan fingerprint density at radius 2 is 2.19 bits per heavy atom. The van der Waals surface area contributed by atoms with Gasteiger partial charge in [-0.1, -0.05) is 21.4 Å². The van der Waals surface area contributed by atoms with Gasteiger partial charge in [-0.15, -0.1) is 5.10 Å². The van der Waals surface area contributed by atoms with Gasteiger partial charge < -0.3 is 5.73 Å². The zero-order chi connectivity index (χ0) is 12.0. The van der Waals surface area contributed by atoms with E-state index in [1.165, 1.54) is 0 Å². The minimum absolute atomic E-state index is 0.321. The highest BCUT2D eigenvalue weighted by Crippen LogP contribution is 2.08. The van der Waals surface area contributed by atoms with Crippen LogP contribution < -0.4 is 16.3 Å². The van der Waals surface area contributed by atoms with Crippen molar-refractivity contribution in [2.45, 2.75) is 0 Å². The van der Waals surface area contributed by atoms with Gasteiger partial charge in [0.15, 0.2) is 5.03 Å². The van der Waals surface area contributed by atoms with Crippen molar-refractivity contribution in [1.29, 1.82) is 0 Å². The molecule has 0 aliphatic rings. The number of hydrazone groups is 1. The molecule has 0 fully saturated rings. The molecule has 16 heavy (non-hydrogen) atoms. The van der Waals surface area contributed by atoms with Gasteiger partial charge in [-0.3, -0.25) is 0 Å². The number of halogens is 1. The maximum atomic E-state index is 9.97. The van der Waals surface area contributed by atoms with E-state index in [0.29, 0.717) is 0 Å². The summed E-state index contributed by atoms with van der Waals surface area (Å²) < 4.78 is 0.961. The van der Waals surface area contributed by atoms with Crippen molar-refractivity contribution in [2.75, 3.05) is 0 Å². The van der Waals surface area contributed by atoms with Crippen LogP contribution >= 0.6 is 15.9 Å². The third-order valence-corrected chi connectivity index (χ3v) is 2.02. The average molecular weight is 287 g/mol. The first kappa shape index (κ1) is 12.1. The van der Waals surface area contributed by atoms with E-state index in [2.05, 4.69) is 26.1 Å². The molecule has 0 spiro atoms. The monoisotopic (exact) mass is 286 g/mol. The van der Waals surface area contributed by atoms with E-state index in [0.717, 1.165) is 10.0 Å². The SMILES string of the molecule is NC(=N/[NH+]=C\c1ccc(Br)cc1)N[N+](=O)[O-]. The summed E-state index contributed by atoms with van der Waals surface area (Å²) >= 11 is 3.30. The Balaban J connectivity index is 2.60. The fraction of sp³-hybridized carbons (Fsp3) is 0. The molecule has 0 bridgehead atoms. The van der Waals surface area contributed by atoms with Crippen LogP contribution in [0, 0.1) is 10.1 Å². The summed E-state index contributed by atoms with van der Waals surface area (Å²) in [5, 5.41) is 15.2. The topological polar surface area (TPSA) is 108 Å². The van der Waals surface area contributed by atoms with Gasteiger partial charge in [0, 0.05) is 15.1 Å². The lowest BCUT2D eigenvalue weighted by molar-refractivity contribution is -0.528. The van der Waals surface area contributed by atoms with Crippen LogP contribution in [0.4, 0.5) is 0 Å². The molecule has 8 heteroatoms. The van der Waals surface area contributed by atoms with Gasteiger partial charge in [0.2, 0.25) is 6.21 Å². The molecule has 0 unspecified atom stereocenters. The van der Waals surface area contributed by atoms with Crippen LogP contribution in [-0.4, -0.2) is 17.2 Å². The number of hydrazine groups is 1. The summed E-state index contributed by atoms with van der Waals surface area (Å²) in [5.74, 6) is -0.321. The molecule has 0 saturated heterocycles. The molecule has 0 aliphatic heterocycles. The molecular weight excluding hydrogens is 278 g/mol. The molecule has 1 rings (SSSR count). The zero-order valence-electron chi connectivity index (χ0n) is 8.05. The van der Waals surface area contributed by atoms with Crippen LogP contribution in [0.2, 0.25) is 0 Å². The smallest absolute Gasteiger partial charge is 0.319 e. The molecule has 7 nitrogen and oxygen atoms in total. The highest BCUT2D eigenvalue weighted by molar-refractivity contribution is 9.10. The van der Waals surface area contributed by atoms with Gasteiger partial charge in [0.25, 0.3) is 0 Å². The quantitative estimate of drug-likeness (QED) is 0.285. The van der Waals surface area contributed by atoms with Crippen LogP contribution in [-0.2, 0) is 0 Å². The normalized spacial score (nSPS) is 11.7. The lowest BCUT2D eigenvalue weighted by atomic mass is 10.2. The fourth-order valence-electron chi connectivity index (χ4n) is 0.854. The predicted molar refractivity (Wildman–Crippen MR) is 62.0 cm³/mol. The van der Waals surface area contributed by atoms with Crippen molar-refractivity contribution in [3.05, 3.63) is 44.4 Å². The summed E-state index contributed by atoms with van der Waals surface area (Å²) in [6, 6.07) is 7.39. The number of guanidine groups is 1. The van der Waals surface area contributed by atoms with Gasteiger partial charge in [-0.25, -0.2) is 10.1 Å². The van der Waals surface area contributed by atoms with Crippen LogP contribution in [0.3, 0.4) is 0 Å². The Bertz CT molecular complexity index is 429. The van der Waals surface area contributed by atoms with E-state index >= 15 is 0 Å². The van der Waals surface area contributed by atoms with Gasteiger partial charge >= 0.3 is 5.96 Å². The van der Waals surface area contributed by atoms with Crippen molar-refractivity contribution in [3.63, 3.8) is 0 Å². The first-order valence-corrected chi connectivity index (χ1v) is 4.96. The third kappa shape index (κ3) is 4.51. The molecular formula is C8H9BrN5O2+. The zero-order valence-corrected chi connectivity index (χ0v) is 9.64. The second-order valence-electron chi connectivity index (χ2n) is 2.69. The first-order valence-electron chi connectivity index (χ1n) is 4.16. The standard InChI is InChI=1S/C8H8BrN5O2/c9-7-3-1-6(2-4-7)5-11-12-8(10)13-14(15)16/h1-5H,(H3,10,12,13)/p+1/b11-5-. The number of benzene rings is 1. The van der Waals surface area contributed by atoms with Gasteiger partial charge in [0.05, 0.1) is 0 Å². The van der Waals surface area contributed by atoms with E-state index < -0.39 is 5.03 Å². The largest absolute Gasteiger partial charge is 0.360 e. The lowest BCUT2D eigenvalue weighted by Gasteiger charge is -1.89. The number of hydrogen-bond donors (Lipinski definition) is 3. The summed E-state index contributed by atoms with van der Waals surface area (Å²) in [4.78, 5) is 9.97. The molecule has 4 N–H and O–H groups in total. The number of hydrogen-bond acceptors (Lipinski definition) is 3. The van der Waals surface area contributed by atoms with Crippen molar-refractivity contribution >= 4 is 28.1 Å². The number of nitrogens with one attached hydrogen (secondary N) is 2. The second-order valence-corrected chi connectivity index (χ2v) is 3.61. The molecule has 0 radical (unpaired) electrons. The highest BCUT2D eigenvalue weighted by atomic mass is 79.9.